The summed E-state index contributed by atoms with van der Waals surface area (Å²) in [6.45, 7) is 0.910. The minimum Gasteiger partial charge on any atom is -0.493 e. The topological polar surface area (TPSA) is 74.7 Å². The van der Waals surface area contributed by atoms with Gasteiger partial charge >= 0.3 is 0 Å². The second-order valence-corrected chi connectivity index (χ2v) is 6.65. The van der Waals surface area contributed by atoms with Crippen LogP contribution in [0.2, 0.25) is 0 Å². The summed E-state index contributed by atoms with van der Waals surface area (Å²) in [5, 5.41) is 4.16. The van der Waals surface area contributed by atoms with Crippen molar-refractivity contribution < 1.29 is 18.9 Å². The monoisotopic (exact) mass is 417 g/mol. The Balaban J connectivity index is 1.55. The van der Waals surface area contributed by atoms with Gasteiger partial charge in [-0.2, -0.15) is 0 Å². The third kappa shape index (κ3) is 5.02. The van der Waals surface area contributed by atoms with Gasteiger partial charge in [0.25, 0.3) is 0 Å². The molecule has 0 aliphatic heterocycles. The summed E-state index contributed by atoms with van der Waals surface area (Å²) >= 11 is 0. The normalized spacial score (nSPS) is 10.6. The number of nitrogens with one attached hydrogen (secondary N) is 1. The average Bonchev–Trinajstić information content (AvgIpc) is 2.81. The van der Waals surface area contributed by atoms with E-state index in [1.165, 1.54) is 6.33 Å². The number of fused-ring (bicyclic) bond motifs is 1. The van der Waals surface area contributed by atoms with Crippen molar-refractivity contribution in [3.8, 4) is 23.0 Å². The van der Waals surface area contributed by atoms with Crippen LogP contribution in [0.4, 0.5) is 11.5 Å². The van der Waals surface area contributed by atoms with Crippen molar-refractivity contribution in [2.45, 2.75) is 0 Å². The first kappa shape index (κ1) is 20.4. The Bertz CT molecular complexity index is 1130. The molecule has 4 rings (SSSR count). The summed E-state index contributed by atoms with van der Waals surface area (Å²) in [5.41, 5.74) is 1.62. The molecule has 1 heterocycles. The third-order valence-corrected chi connectivity index (χ3v) is 4.56. The van der Waals surface area contributed by atoms with E-state index < -0.39 is 0 Å². The highest BCUT2D eigenvalue weighted by molar-refractivity contribution is 5.93. The third-order valence-electron chi connectivity index (χ3n) is 4.56. The van der Waals surface area contributed by atoms with Gasteiger partial charge in [-0.05, 0) is 42.5 Å². The molecule has 0 saturated heterocycles. The van der Waals surface area contributed by atoms with E-state index in [2.05, 4.69) is 15.3 Å². The van der Waals surface area contributed by atoms with Gasteiger partial charge in [-0.25, -0.2) is 9.97 Å². The van der Waals surface area contributed by atoms with Crippen LogP contribution in [0.25, 0.3) is 10.9 Å². The molecule has 158 valence electrons. The number of para-hydroxylation sites is 1. The highest BCUT2D eigenvalue weighted by Gasteiger charge is 2.12. The van der Waals surface area contributed by atoms with Crippen molar-refractivity contribution in [3.63, 3.8) is 0 Å². The van der Waals surface area contributed by atoms with Gasteiger partial charge in [0.2, 0.25) is 0 Å². The quantitative estimate of drug-likeness (QED) is 0.375. The Kier molecular flexibility index (Phi) is 6.44. The first-order valence-corrected chi connectivity index (χ1v) is 9.81. The maximum Gasteiger partial charge on any atom is 0.163 e. The molecule has 0 aliphatic rings. The highest BCUT2D eigenvalue weighted by atomic mass is 16.5. The minimum absolute atomic E-state index is 0.423. The van der Waals surface area contributed by atoms with Gasteiger partial charge in [0, 0.05) is 24.2 Å². The van der Waals surface area contributed by atoms with Gasteiger partial charge in [-0.15, -0.1) is 0 Å². The molecular formula is C24H23N3O4. The van der Waals surface area contributed by atoms with Gasteiger partial charge < -0.3 is 24.3 Å². The van der Waals surface area contributed by atoms with Crippen LogP contribution < -0.4 is 19.5 Å². The van der Waals surface area contributed by atoms with Crippen molar-refractivity contribution in [2.75, 3.05) is 32.8 Å². The number of methoxy groups -OCH3 is 2. The van der Waals surface area contributed by atoms with E-state index in [-0.39, 0.29) is 0 Å². The molecule has 0 aliphatic carbocycles. The standard InChI is InChI=1S/C24H23N3O4/c1-28-12-13-30-23-15-21-20(14-22(23)29-2)24(26-16-25-21)27-17-8-10-19(11-9-17)31-18-6-4-3-5-7-18/h3-11,14-16H,12-13H2,1-2H3,(H,25,26,27). The van der Waals surface area contributed by atoms with E-state index in [1.54, 1.807) is 14.2 Å². The second kappa shape index (κ2) is 9.77. The summed E-state index contributed by atoms with van der Waals surface area (Å²) in [4.78, 5) is 8.77. The SMILES string of the molecule is COCCOc1cc2ncnc(Nc3ccc(Oc4ccccc4)cc3)c2cc1OC. The molecule has 7 heteroatoms. The van der Waals surface area contributed by atoms with Crippen LogP contribution in [-0.4, -0.2) is 37.4 Å². The first-order chi connectivity index (χ1) is 15.3. The largest absolute Gasteiger partial charge is 0.493 e. The Morgan fingerprint density at radius 1 is 0.806 bits per heavy atom. The predicted octanol–water partition coefficient (Wildman–Crippen LogP) is 5.20. The number of hydrogen-bond donors (Lipinski definition) is 1. The molecule has 4 aromatic rings. The molecule has 0 amide bonds. The molecule has 1 N–H and O–H groups in total. The first-order valence-electron chi connectivity index (χ1n) is 9.81. The smallest absolute Gasteiger partial charge is 0.163 e. The Labute approximate surface area is 180 Å². The summed E-state index contributed by atoms with van der Waals surface area (Å²) < 4.78 is 22.1. The van der Waals surface area contributed by atoms with Gasteiger partial charge in [0.15, 0.2) is 11.5 Å². The van der Waals surface area contributed by atoms with Crippen molar-refractivity contribution in [1.82, 2.24) is 9.97 Å². The van der Waals surface area contributed by atoms with E-state index in [4.69, 9.17) is 18.9 Å². The van der Waals surface area contributed by atoms with Crippen LogP contribution in [-0.2, 0) is 4.74 Å². The zero-order chi connectivity index (χ0) is 21.5. The van der Waals surface area contributed by atoms with Gasteiger partial charge in [-0.1, -0.05) is 18.2 Å². The molecule has 0 radical (unpaired) electrons. The van der Waals surface area contributed by atoms with Gasteiger partial charge in [0.1, 0.15) is 30.3 Å². The predicted molar refractivity (Wildman–Crippen MR) is 120 cm³/mol. The number of rotatable bonds is 9. The van der Waals surface area contributed by atoms with Crippen LogP contribution in [0.3, 0.4) is 0 Å². The van der Waals surface area contributed by atoms with Gasteiger partial charge in [0.05, 0.1) is 19.2 Å². The fourth-order valence-corrected chi connectivity index (χ4v) is 3.04. The molecule has 0 unspecified atom stereocenters. The second-order valence-electron chi connectivity index (χ2n) is 6.65. The van der Waals surface area contributed by atoms with Crippen molar-refractivity contribution in [2.24, 2.45) is 0 Å². The lowest BCUT2D eigenvalue weighted by Crippen LogP contribution is -2.05. The van der Waals surface area contributed by atoms with Crippen LogP contribution >= 0.6 is 0 Å². The minimum atomic E-state index is 0.423. The van der Waals surface area contributed by atoms with Crippen LogP contribution in [0, 0.1) is 0 Å². The fraction of sp³-hybridized carbons (Fsp3) is 0.167. The molecule has 0 bridgehead atoms. The number of nitrogens with zero attached hydrogens (tertiary/aromatic N) is 2. The van der Waals surface area contributed by atoms with Crippen LogP contribution in [0.15, 0.2) is 73.1 Å². The zero-order valence-corrected chi connectivity index (χ0v) is 17.4. The fourth-order valence-electron chi connectivity index (χ4n) is 3.04. The number of ether oxygens (including phenoxy) is 4. The Morgan fingerprint density at radius 2 is 1.58 bits per heavy atom. The Hall–Kier alpha value is -3.84. The van der Waals surface area contributed by atoms with Gasteiger partial charge in [-0.3, -0.25) is 0 Å². The summed E-state index contributed by atoms with van der Waals surface area (Å²) in [5.74, 6) is 3.43. The number of benzene rings is 3. The lowest BCUT2D eigenvalue weighted by molar-refractivity contribution is 0.144. The highest BCUT2D eigenvalue weighted by Crippen LogP contribution is 2.35. The molecule has 1 aromatic heterocycles. The van der Waals surface area contributed by atoms with Crippen molar-refractivity contribution in [3.05, 3.63) is 73.1 Å². The molecule has 0 fully saturated rings. The van der Waals surface area contributed by atoms with E-state index in [0.29, 0.717) is 30.5 Å². The van der Waals surface area contributed by atoms with Crippen LogP contribution in [0.5, 0.6) is 23.0 Å². The number of hydrogen-bond acceptors (Lipinski definition) is 7. The molecule has 7 nitrogen and oxygen atoms in total. The van der Waals surface area contributed by atoms with Crippen LogP contribution in [0.1, 0.15) is 0 Å². The Morgan fingerprint density at radius 3 is 2.32 bits per heavy atom. The van der Waals surface area contributed by atoms with E-state index in [9.17, 15) is 0 Å². The summed E-state index contributed by atoms with van der Waals surface area (Å²) in [6.07, 6.45) is 1.52. The van der Waals surface area contributed by atoms with E-state index in [1.807, 2.05) is 66.7 Å². The molecular weight excluding hydrogens is 394 g/mol. The molecule has 0 atom stereocenters. The summed E-state index contributed by atoms with van der Waals surface area (Å²) in [7, 11) is 3.24. The average molecular weight is 417 g/mol. The zero-order valence-electron chi connectivity index (χ0n) is 17.4. The molecule has 0 spiro atoms. The molecule has 3 aromatic carbocycles. The molecule has 31 heavy (non-hydrogen) atoms. The maximum atomic E-state index is 5.84. The maximum absolute atomic E-state index is 5.84. The van der Waals surface area contributed by atoms with Crippen molar-refractivity contribution >= 4 is 22.4 Å². The lowest BCUT2D eigenvalue weighted by Gasteiger charge is -2.14. The molecule has 0 saturated carbocycles. The summed E-state index contributed by atoms with van der Waals surface area (Å²) in [6, 6.07) is 21.1. The van der Waals surface area contributed by atoms with Crippen molar-refractivity contribution in [1.29, 1.82) is 0 Å². The lowest BCUT2D eigenvalue weighted by atomic mass is 10.2. The van der Waals surface area contributed by atoms with E-state index >= 15 is 0 Å². The van der Waals surface area contributed by atoms with E-state index in [0.717, 1.165) is 28.1 Å². The number of anilines is 2. The number of aromatic nitrogens is 2.